The van der Waals surface area contributed by atoms with E-state index < -0.39 is 11.6 Å². The van der Waals surface area contributed by atoms with E-state index in [2.05, 4.69) is 28.2 Å². The van der Waals surface area contributed by atoms with Crippen LogP contribution in [0.2, 0.25) is 0 Å². The molecule has 1 atom stereocenters. The standard InChI is InChI=1S/C25H33BrN2O4/c1-7-18-11-12-22(21(26)14-18)32-16-23(29)28(17(2)24(30)27-25(3,4)5)15-19-9-8-10-20(13-19)31-6/h8-14,17H,7,15-16H2,1-6H3,(H,27,30)/t17-/m0/s1. The average molecular weight is 505 g/mol. The first-order valence-corrected chi connectivity index (χ1v) is 11.5. The van der Waals surface area contributed by atoms with Crippen LogP contribution in [-0.4, -0.2) is 42.0 Å². The second-order valence-corrected chi connectivity index (χ2v) is 9.55. The number of halogens is 1. The van der Waals surface area contributed by atoms with Crippen LogP contribution in [-0.2, 0) is 22.6 Å². The molecule has 6 nitrogen and oxygen atoms in total. The summed E-state index contributed by atoms with van der Waals surface area (Å²) < 4.78 is 11.9. The predicted molar refractivity (Wildman–Crippen MR) is 130 cm³/mol. The van der Waals surface area contributed by atoms with E-state index in [1.807, 2.05) is 63.2 Å². The maximum atomic E-state index is 13.2. The first-order chi connectivity index (χ1) is 15.0. The summed E-state index contributed by atoms with van der Waals surface area (Å²) in [6.07, 6.45) is 0.909. The molecule has 1 N–H and O–H groups in total. The van der Waals surface area contributed by atoms with E-state index in [-0.39, 0.29) is 25.0 Å². The summed E-state index contributed by atoms with van der Waals surface area (Å²) in [4.78, 5) is 27.6. The fourth-order valence-corrected chi connectivity index (χ4v) is 3.67. The fraction of sp³-hybridized carbons (Fsp3) is 0.440. The Morgan fingerprint density at radius 2 is 1.84 bits per heavy atom. The van der Waals surface area contributed by atoms with Gasteiger partial charge in [0.2, 0.25) is 5.91 Å². The quantitative estimate of drug-likeness (QED) is 0.535. The Hall–Kier alpha value is -2.54. The van der Waals surface area contributed by atoms with Gasteiger partial charge in [-0.2, -0.15) is 0 Å². The van der Waals surface area contributed by atoms with Crippen LogP contribution in [0.25, 0.3) is 0 Å². The summed E-state index contributed by atoms with van der Waals surface area (Å²) in [5.41, 5.74) is 1.63. The number of carbonyl (C=O) groups excluding carboxylic acids is 2. The summed E-state index contributed by atoms with van der Waals surface area (Å²) in [6, 6.07) is 12.6. The molecule has 32 heavy (non-hydrogen) atoms. The highest BCUT2D eigenvalue weighted by Gasteiger charge is 2.29. The van der Waals surface area contributed by atoms with E-state index in [1.165, 1.54) is 10.5 Å². The summed E-state index contributed by atoms with van der Waals surface area (Å²) in [6.45, 7) is 9.61. The number of methoxy groups -OCH3 is 1. The first-order valence-electron chi connectivity index (χ1n) is 10.7. The lowest BCUT2D eigenvalue weighted by molar-refractivity contribution is -0.142. The van der Waals surface area contributed by atoms with Gasteiger partial charge in [-0.1, -0.05) is 25.1 Å². The number of benzene rings is 2. The van der Waals surface area contributed by atoms with E-state index in [0.717, 1.165) is 16.5 Å². The molecule has 0 heterocycles. The summed E-state index contributed by atoms with van der Waals surface area (Å²) in [7, 11) is 1.59. The van der Waals surface area contributed by atoms with Crippen LogP contribution in [0.15, 0.2) is 46.9 Å². The van der Waals surface area contributed by atoms with Crippen LogP contribution in [0.4, 0.5) is 0 Å². The largest absolute Gasteiger partial charge is 0.497 e. The van der Waals surface area contributed by atoms with Crippen molar-refractivity contribution in [2.45, 2.75) is 59.2 Å². The molecule has 0 spiro atoms. The third-order valence-corrected chi connectivity index (χ3v) is 5.53. The van der Waals surface area contributed by atoms with Crippen molar-refractivity contribution in [3.63, 3.8) is 0 Å². The number of ether oxygens (including phenoxy) is 2. The number of nitrogens with one attached hydrogen (secondary N) is 1. The van der Waals surface area contributed by atoms with Crippen molar-refractivity contribution in [1.29, 1.82) is 0 Å². The van der Waals surface area contributed by atoms with Crippen LogP contribution in [0.1, 0.15) is 45.7 Å². The normalized spacial score (nSPS) is 12.1. The van der Waals surface area contributed by atoms with Gasteiger partial charge >= 0.3 is 0 Å². The smallest absolute Gasteiger partial charge is 0.261 e. The minimum atomic E-state index is -0.678. The zero-order chi connectivity index (χ0) is 23.9. The van der Waals surface area contributed by atoms with Crippen molar-refractivity contribution < 1.29 is 19.1 Å². The number of hydrogen-bond acceptors (Lipinski definition) is 4. The molecule has 0 fully saturated rings. The molecule has 0 bridgehead atoms. The number of nitrogens with zero attached hydrogens (tertiary/aromatic N) is 1. The lowest BCUT2D eigenvalue weighted by Gasteiger charge is -2.31. The molecule has 0 radical (unpaired) electrons. The molecule has 2 amide bonds. The average Bonchev–Trinajstić information content (AvgIpc) is 2.74. The Bertz CT molecular complexity index is 940. The Morgan fingerprint density at radius 1 is 1.12 bits per heavy atom. The Labute approximate surface area is 199 Å². The lowest BCUT2D eigenvalue weighted by atomic mass is 10.1. The molecule has 0 aliphatic carbocycles. The number of amides is 2. The van der Waals surface area contributed by atoms with Gasteiger partial charge in [-0.05, 0) is 85.4 Å². The minimum absolute atomic E-state index is 0.179. The molecule has 0 aromatic heterocycles. The minimum Gasteiger partial charge on any atom is -0.497 e. The maximum absolute atomic E-state index is 13.2. The van der Waals surface area contributed by atoms with Gasteiger partial charge in [0.1, 0.15) is 17.5 Å². The monoisotopic (exact) mass is 504 g/mol. The van der Waals surface area contributed by atoms with E-state index in [9.17, 15) is 9.59 Å². The van der Waals surface area contributed by atoms with Crippen molar-refractivity contribution in [3.8, 4) is 11.5 Å². The maximum Gasteiger partial charge on any atom is 0.261 e. The molecule has 2 aromatic carbocycles. The van der Waals surface area contributed by atoms with Gasteiger partial charge in [-0.3, -0.25) is 9.59 Å². The SMILES string of the molecule is CCc1ccc(OCC(=O)N(Cc2cccc(OC)c2)[C@@H](C)C(=O)NC(C)(C)C)c(Br)c1. The van der Waals surface area contributed by atoms with Gasteiger partial charge in [0.25, 0.3) is 5.91 Å². The van der Waals surface area contributed by atoms with Gasteiger partial charge in [0.15, 0.2) is 6.61 Å². The molecule has 0 aliphatic heterocycles. The Morgan fingerprint density at radius 3 is 2.44 bits per heavy atom. The van der Waals surface area contributed by atoms with E-state index in [0.29, 0.717) is 11.5 Å². The molecule has 174 valence electrons. The van der Waals surface area contributed by atoms with Crippen LogP contribution in [0, 0.1) is 0 Å². The number of rotatable bonds is 9. The van der Waals surface area contributed by atoms with Crippen molar-refractivity contribution in [2.75, 3.05) is 13.7 Å². The fourth-order valence-electron chi connectivity index (χ4n) is 3.13. The molecule has 2 aromatic rings. The number of carbonyl (C=O) groups is 2. The molecular weight excluding hydrogens is 472 g/mol. The molecule has 2 rings (SSSR count). The van der Waals surface area contributed by atoms with Gasteiger partial charge in [0, 0.05) is 12.1 Å². The van der Waals surface area contributed by atoms with Gasteiger partial charge < -0.3 is 19.7 Å². The highest BCUT2D eigenvalue weighted by molar-refractivity contribution is 9.10. The third kappa shape index (κ3) is 7.55. The Balaban J connectivity index is 2.21. The van der Waals surface area contributed by atoms with Gasteiger partial charge in [-0.25, -0.2) is 0 Å². The molecule has 0 saturated heterocycles. The first kappa shape index (κ1) is 25.7. The highest BCUT2D eigenvalue weighted by Crippen LogP contribution is 2.26. The molecule has 0 aliphatic rings. The zero-order valence-corrected chi connectivity index (χ0v) is 21.3. The van der Waals surface area contributed by atoms with E-state index in [4.69, 9.17) is 9.47 Å². The third-order valence-electron chi connectivity index (χ3n) is 4.91. The predicted octanol–water partition coefficient (Wildman–Crippen LogP) is 4.73. The second-order valence-electron chi connectivity index (χ2n) is 8.70. The van der Waals surface area contributed by atoms with E-state index >= 15 is 0 Å². The zero-order valence-electron chi connectivity index (χ0n) is 19.7. The van der Waals surface area contributed by atoms with Crippen LogP contribution >= 0.6 is 15.9 Å². The topological polar surface area (TPSA) is 67.9 Å². The van der Waals surface area contributed by atoms with Crippen molar-refractivity contribution in [2.24, 2.45) is 0 Å². The highest BCUT2D eigenvalue weighted by atomic mass is 79.9. The number of aryl methyl sites for hydroxylation is 1. The summed E-state index contributed by atoms with van der Waals surface area (Å²) in [5, 5.41) is 2.95. The lowest BCUT2D eigenvalue weighted by Crippen LogP contribution is -2.53. The van der Waals surface area contributed by atoms with Crippen LogP contribution in [0.3, 0.4) is 0 Å². The van der Waals surface area contributed by atoms with Crippen LogP contribution < -0.4 is 14.8 Å². The molecule has 0 unspecified atom stereocenters. The summed E-state index contributed by atoms with van der Waals surface area (Å²) in [5.74, 6) is 0.777. The number of hydrogen-bond donors (Lipinski definition) is 1. The van der Waals surface area contributed by atoms with Crippen molar-refractivity contribution in [3.05, 3.63) is 58.1 Å². The Kier molecular flexibility index (Phi) is 9.13. The van der Waals surface area contributed by atoms with Gasteiger partial charge in [-0.15, -0.1) is 0 Å². The van der Waals surface area contributed by atoms with Crippen molar-refractivity contribution >= 4 is 27.7 Å². The molecular formula is C25H33BrN2O4. The molecule has 7 heteroatoms. The van der Waals surface area contributed by atoms with Crippen LogP contribution in [0.5, 0.6) is 11.5 Å². The van der Waals surface area contributed by atoms with E-state index in [1.54, 1.807) is 14.0 Å². The van der Waals surface area contributed by atoms with Crippen molar-refractivity contribution in [1.82, 2.24) is 10.2 Å². The van der Waals surface area contributed by atoms with Gasteiger partial charge in [0.05, 0.1) is 11.6 Å². The molecule has 0 saturated carbocycles. The summed E-state index contributed by atoms with van der Waals surface area (Å²) >= 11 is 3.50. The second kappa shape index (κ2) is 11.4.